The van der Waals surface area contributed by atoms with E-state index >= 15 is 0 Å². The molecule has 2 aliphatic rings. The largest absolute Gasteiger partial charge is 0.388 e. The van der Waals surface area contributed by atoms with Crippen molar-refractivity contribution in [3.8, 4) is 0 Å². The summed E-state index contributed by atoms with van der Waals surface area (Å²) in [5.74, 6) is 0.794. The first kappa shape index (κ1) is 13.7. The molecule has 3 N–H and O–H groups in total. The molecule has 0 aromatic carbocycles. The van der Waals surface area contributed by atoms with Crippen molar-refractivity contribution >= 4 is 23.0 Å². The molecule has 5 nitrogen and oxygen atoms in total. The Bertz CT molecular complexity index is 496. The zero-order chi connectivity index (χ0) is 13.9. The number of aromatic nitrogens is 1. The molecule has 0 amide bonds. The summed E-state index contributed by atoms with van der Waals surface area (Å²) >= 11 is 4.94. The maximum absolute atomic E-state index is 5.91. The van der Waals surface area contributed by atoms with E-state index in [1.807, 2.05) is 18.2 Å². The van der Waals surface area contributed by atoms with Crippen molar-refractivity contribution < 1.29 is 4.74 Å². The Balaban J connectivity index is 1.54. The van der Waals surface area contributed by atoms with Gasteiger partial charge in [0.1, 0.15) is 10.8 Å². The van der Waals surface area contributed by atoms with Crippen molar-refractivity contribution in [2.24, 2.45) is 5.73 Å². The highest BCUT2D eigenvalue weighted by Crippen LogP contribution is 2.22. The average Bonchev–Trinajstić information content (AvgIpc) is 2.93. The summed E-state index contributed by atoms with van der Waals surface area (Å²) < 4.78 is 5.91. The number of nitrogens with one attached hydrogen (secondary N) is 1. The summed E-state index contributed by atoms with van der Waals surface area (Å²) in [6.07, 6.45) is 2.79. The first-order chi connectivity index (χ1) is 9.72. The third kappa shape index (κ3) is 3.08. The highest BCUT2D eigenvalue weighted by atomic mass is 32.1. The number of morpholine rings is 1. The van der Waals surface area contributed by atoms with Gasteiger partial charge < -0.3 is 15.8 Å². The van der Waals surface area contributed by atoms with E-state index in [0.29, 0.717) is 16.7 Å². The molecule has 1 aromatic rings. The predicted octanol–water partition coefficient (Wildman–Crippen LogP) is 0.991. The maximum atomic E-state index is 5.91. The Morgan fingerprint density at radius 3 is 3.30 bits per heavy atom. The highest BCUT2D eigenvalue weighted by molar-refractivity contribution is 7.80. The second kappa shape index (κ2) is 6.03. The number of nitrogens with zero attached hydrogens (tertiary/aromatic N) is 2. The lowest BCUT2D eigenvalue weighted by Crippen LogP contribution is -2.48. The standard InChI is InChI=1S/C14H20N4OS/c15-14(20)12-4-1-5-13(17-12)16-7-11-8-18-6-2-3-10(18)9-19-11/h1,4-5,10-11H,2-3,6-9H2,(H2,15,20)(H,16,17). The van der Waals surface area contributed by atoms with Gasteiger partial charge in [-0.3, -0.25) is 4.90 Å². The SMILES string of the molecule is NC(=S)c1cccc(NCC2CN3CCCC3CO2)n1. The molecule has 2 fully saturated rings. The van der Waals surface area contributed by atoms with Gasteiger partial charge in [0.2, 0.25) is 0 Å². The van der Waals surface area contributed by atoms with E-state index in [9.17, 15) is 0 Å². The van der Waals surface area contributed by atoms with Gasteiger partial charge in [0.25, 0.3) is 0 Å². The minimum atomic E-state index is 0.222. The Morgan fingerprint density at radius 2 is 2.45 bits per heavy atom. The van der Waals surface area contributed by atoms with Gasteiger partial charge in [-0.1, -0.05) is 18.3 Å². The second-order valence-corrected chi connectivity index (χ2v) is 5.84. The van der Waals surface area contributed by atoms with Crippen molar-refractivity contribution in [3.63, 3.8) is 0 Å². The van der Waals surface area contributed by atoms with Gasteiger partial charge >= 0.3 is 0 Å². The van der Waals surface area contributed by atoms with Gasteiger partial charge in [-0.2, -0.15) is 0 Å². The molecule has 2 atom stereocenters. The summed E-state index contributed by atoms with van der Waals surface area (Å²) in [7, 11) is 0. The first-order valence-corrected chi connectivity index (χ1v) is 7.49. The van der Waals surface area contributed by atoms with Crippen molar-refractivity contribution in [1.82, 2.24) is 9.88 Å². The molecule has 1 aromatic heterocycles. The second-order valence-electron chi connectivity index (χ2n) is 5.40. The van der Waals surface area contributed by atoms with Crippen LogP contribution in [0, 0.1) is 0 Å². The first-order valence-electron chi connectivity index (χ1n) is 7.09. The van der Waals surface area contributed by atoms with Gasteiger partial charge in [0.05, 0.1) is 18.4 Å². The normalized spacial score (nSPS) is 26.2. The molecule has 3 rings (SSSR count). The van der Waals surface area contributed by atoms with Crippen LogP contribution in [-0.4, -0.2) is 53.3 Å². The molecule has 6 heteroatoms. The van der Waals surface area contributed by atoms with Crippen LogP contribution in [0.25, 0.3) is 0 Å². The number of nitrogens with two attached hydrogens (primary N) is 1. The average molecular weight is 292 g/mol. The summed E-state index contributed by atoms with van der Waals surface area (Å²) in [6, 6.07) is 6.28. The number of rotatable bonds is 4. The van der Waals surface area contributed by atoms with Gasteiger partial charge in [-0.05, 0) is 31.5 Å². The van der Waals surface area contributed by atoms with Crippen LogP contribution < -0.4 is 11.1 Å². The predicted molar refractivity (Wildman–Crippen MR) is 82.9 cm³/mol. The van der Waals surface area contributed by atoms with Gasteiger partial charge in [0.15, 0.2) is 0 Å². The Morgan fingerprint density at radius 1 is 1.55 bits per heavy atom. The summed E-state index contributed by atoms with van der Waals surface area (Å²) in [5, 5.41) is 3.31. The molecule has 0 saturated carbocycles. The molecule has 0 bridgehead atoms. The molecule has 2 aliphatic heterocycles. The Hall–Kier alpha value is -1.24. The molecule has 108 valence electrons. The quantitative estimate of drug-likeness (QED) is 0.807. The number of hydrogen-bond donors (Lipinski definition) is 2. The number of pyridine rings is 1. The van der Waals surface area contributed by atoms with E-state index in [-0.39, 0.29) is 6.10 Å². The lowest BCUT2D eigenvalue weighted by Gasteiger charge is -2.35. The van der Waals surface area contributed by atoms with Crippen LogP contribution in [0.3, 0.4) is 0 Å². The Labute approximate surface area is 124 Å². The fraction of sp³-hybridized carbons (Fsp3) is 0.571. The zero-order valence-electron chi connectivity index (χ0n) is 11.4. The molecule has 20 heavy (non-hydrogen) atoms. The topological polar surface area (TPSA) is 63.4 Å². The fourth-order valence-corrected chi connectivity index (χ4v) is 3.01. The smallest absolute Gasteiger partial charge is 0.126 e. The molecule has 0 aliphatic carbocycles. The van der Waals surface area contributed by atoms with Crippen molar-refractivity contribution in [1.29, 1.82) is 0 Å². The highest BCUT2D eigenvalue weighted by Gasteiger charge is 2.31. The third-order valence-corrected chi connectivity index (χ3v) is 4.18. The monoisotopic (exact) mass is 292 g/mol. The fourth-order valence-electron chi connectivity index (χ4n) is 2.90. The molecule has 2 unspecified atom stereocenters. The van der Waals surface area contributed by atoms with E-state index in [1.54, 1.807) is 0 Å². The van der Waals surface area contributed by atoms with E-state index in [1.165, 1.54) is 19.4 Å². The van der Waals surface area contributed by atoms with Gasteiger partial charge in [0, 0.05) is 19.1 Å². The van der Waals surface area contributed by atoms with Gasteiger partial charge in [-0.15, -0.1) is 0 Å². The molecule has 0 spiro atoms. The Kier molecular flexibility index (Phi) is 4.14. The molecular formula is C14H20N4OS. The number of thiocarbonyl (C=S) groups is 1. The molecular weight excluding hydrogens is 272 g/mol. The van der Waals surface area contributed by atoms with Gasteiger partial charge in [-0.25, -0.2) is 4.98 Å². The number of fused-ring (bicyclic) bond motifs is 1. The van der Waals surface area contributed by atoms with Crippen LogP contribution in [0.15, 0.2) is 18.2 Å². The number of anilines is 1. The van der Waals surface area contributed by atoms with Crippen molar-refractivity contribution in [2.75, 3.05) is 31.6 Å². The molecule has 2 saturated heterocycles. The van der Waals surface area contributed by atoms with E-state index in [0.717, 1.165) is 25.5 Å². The van der Waals surface area contributed by atoms with Crippen molar-refractivity contribution in [2.45, 2.75) is 25.0 Å². The molecule has 0 radical (unpaired) electrons. The van der Waals surface area contributed by atoms with E-state index in [2.05, 4.69) is 15.2 Å². The van der Waals surface area contributed by atoms with Crippen LogP contribution in [0.4, 0.5) is 5.82 Å². The van der Waals surface area contributed by atoms with Crippen LogP contribution in [0.1, 0.15) is 18.5 Å². The number of ether oxygens (including phenoxy) is 1. The van der Waals surface area contributed by atoms with E-state index < -0.39 is 0 Å². The zero-order valence-corrected chi connectivity index (χ0v) is 12.2. The summed E-state index contributed by atoms with van der Waals surface area (Å²) in [5.41, 5.74) is 6.24. The maximum Gasteiger partial charge on any atom is 0.126 e. The van der Waals surface area contributed by atoms with Crippen molar-refractivity contribution in [3.05, 3.63) is 23.9 Å². The van der Waals surface area contributed by atoms with Crippen LogP contribution in [-0.2, 0) is 4.74 Å². The van der Waals surface area contributed by atoms with Crippen LogP contribution in [0.2, 0.25) is 0 Å². The van der Waals surface area contributed by atoms with Crippen LogP contribution >= 0.6 is 12.2 Å². The number of hydrogen-bond acceptors (Lipinski definition) is 5. The minimum absolute atomic E-state index is 0.222. The lowest BCUT2D eigenvalue weighted by molar-refractivity contribution is -0.0416. The lowest BCUT2D eigenvalue weighted by atomic mass is 10.2. The summed E-state index contributed by atoms with van der Waals surface area (Å²) in [4.78, 5) is 7.23. The summed E-state index contributed by atoms with van der Waals surface area (Å²) in [6.45, 7) is 3.83. The molecule has 3 heterocycles. The third-order valence-electron chi connectivity index (χ3n) is 3.97. The van der Waals surface area contributed by atoms with E-state index in [4.69, 9.17) is 22.7 Å². The van der Waals surface area contributed by atoms with Crippen LogP contribution in [0.5, 0.6) is 0 Å². The minimum Gasteiger partial charge on any atom is -0.388 e.